The smallest absolute Gasteiger partial charge is 0.275 e. The molecule has 0 aliphatic carbocycles. The number of fused-ring (bicyclic) bond motifs is 1. The zero-order valence-electron chi connectivity index (χ0n) is 12.8. The lowest BCUT2D eigenvalue weighted by Crippen LogP contribution is -2.22. The molecule has 0 radical (unpaired) electrons. The Morgan fingerprint density at radius 2 is 2.17 bits per heavy atom. The van der Waals surface area contributed by atoms with Crippen molar-refractivity contribution < 1.29 is 9.53 Å². The lowest BCUT2D eigenvalue weighted by molar-refractivity contribution is 0.0929. The quantitative estimate of drug-likeness (QED) is 0.523. The van der Waals surface area contributed by atoms with Crippen LogP contribution in [0.2, 0.25) is 0 Å². The van der Waals surface area contributed by atoms with Gasteiger partial charge in [-0.2, -0.15) is 0 Å². The maximum Gasteiger partial charge on any atom is 0.275 e. The molecule has 5 nitrogen and oxygen atoms in total. The van der Waals surface area contributed by atoms with Crippen LogP contribution in [0.3, 0.4) is 0 Å². The number of ketones is 1. The van der Waals surface area contributed by atoms with Gasteiger partial charge in [-0.3, -0.25) is 14.3 Å². The van der Waals surface area contributed by atoms with Crippen molar-refractivity contribution in [1.82, 2.24) is 9.78 Å². The van der Waals surface area contributed by atoms with Crippen LogP contribution in [0.5, 0.6) is 5.75 Å². The molecule has 0 fully saturated rings. The maximum absolute atomic E-state index is 12.3. The van der Waals surface area contributed by atoms with E-state index in [2.05, 4.69) is 5.10 Å². The van der Waals surface area contributed by atoms with E-state index in [-0.39, 0.29) is 11.3 Å². The van der Waals surface area contributed by atoms with Gasteiger partial charge in [0.05, 0.1) is 22.6 Å². The molecule has 0 unspecified atom stereocenters. The van der Waals surface area contributed by atoms with E-state index in [1.807, 2.05) is 19.2 Å². The van der Waals surface area contributed by atoms with Gasteiger partial charge in [0.2, 0.25) is 0 Å². The summed E-state index contributed by atoms with van der Waals surface area (Å²) in [5.74, 6) is 0.650. The first kappa shape index (κ1) is 16.0. The van der Waals surface area contributed by atoms with Crippen molar-refractivity contribution in [3.8, 4) is 5.75 Å². The van der Waals surface area contributed by atoms with Gasteiger partial charge in [0.15, 0.2) is 5.78 Å². The normalized spacial score (nSPS) is 13.6. The second-order valence-electron chi connectivity index (χ2n) is 5.11. The van der Waals surface area contributed by atoms with Crippen molar-refractivity contribution >= 4 is 34.6 Å². The summed E-state index contributed by atoms with van der Waals surface area (Å²) in [6.45, 7) is 2.84. The fourth-order valence-corrected chi connectivity index (χ4v) is 3.86. The van der Waals surface area contributed by atoms with Crippen LogP contribution in [0.1, 0.15) is 34.8 Å². The van der Waals surface area contributed by atoms with Gasteiger partial charge in [0.25, 0.3) is 5.56 Å². The number of ether oxygens (including phenoxy) is 1. The first-order chi connectivity index (χ1) is 11.1. The molecule has 0 amide bonds. The highest BCUT2D eigenvalue weighted by atomic mass is 32.2. The Kier molecular flexibility index (Phi) is 4.41. The Morgan fingerprint density at radius 1 is 1.39 bits per heavy atom. The number of thiocarbonyl (C=S) groups is 1. The first-order valence-electron chi connectivity index (χ1n) is 7.28. The van der Waals surface area contributed by atoms with E-state index in [0.717, 1.165) is 10.5 Å². The molecule has 0 bridgehead atoms. The molecule has 0 saturated heterocycles. The van der Waals surface area contributed by atoms with Gasteiger partial charge in [-0.05, 0) is 25.3 Å². The zero-order valence-corrected chi connectivity index (χ0v) is 14.5. The predicted molar refractivity (Wildman–Crippen MR) is 94.2 cm³/mol. The molecule has 0 atom stereocenters. The predicted octanol–water partition coefficient (Wildman–Crippen LogP) is 2.65. The number of benzene rings is 1. The van der Waals surface area contributed by atoms with Gasteiger partial charge in [0.1, 0.15) is 5.75 Å². The number of hydrogen-bond acceptors (Lipinski definition) is 5. The average Bonchev–Trinajstić information content (AvgIpc) is 2.94. The Hall–Kier alpha value is -1.86. The van der Waals surface area contributed by atoms with Crippen LogP contribution in [0.4, 0.5) is 0 Å². The lowest BCUT2D eigenvalue weighted by Gasteiger charge is -2.20. The number of aryl methyl sites for hydroxylation is 1. The third kappa shape index (κ3) is 2.64. The molecule has 0 spiro atoms. The van der Waals surface area contributed by atoms with E-state index in [1.54, 1.807) is 12.3 Å². The fraction of sp³-hybridized carbons (Fsp3) is 0.312. The molecule has 1 aromatic heterocycles. The molecular weight excluding hydrogens is 332 g/mol. The van der Waals surface area contributed by atoms with E-state index in [1.165, 1.54) is 16.4 Å². The molecule has 120 valence electrons. The number of thioether (sulfide) groups is 1. The summed E-state index contributed by atoms with van der Waals surface area (Å²) in [6.07, 6.45) is 3.88. The highest BCUT2D eigenvalue weighted by Crippen LogP contribution is 2.36. The standard InChI is InChI=1S/C16H16N2O3S2/c1-3-18-16(20)10(8-17-18)14(22)9-4-5-12-13(15(9)23-2)11(19)6-7-21-12/h4-5,8,17H,3,6-7H2,1-2H3. The van der Waals surface area contributed by atoms with Gasteiger partial charge in [-0.25, -0.2) is 0 Å². The van der Waals surface area contributed by atoms with Crippen molar-refractivity contribution in [2.24, 2.45) is 0 Å². The van der Waals surface area contributed by atoms with Crippen LogP contribution < -0.4 is 10.3 Å². The first-order valence-corrected chi connectivity index (χ1v) is 8.91. The minimum Gasteiger partial charge on any atom is -0.492 e. The summed E-state index contributed by atoms with van der Waals surface area (Å²) in [6, 6.07) is 3.59. The summed E-state index contributed by atoms with van der Waals surface area (Å²) in [5, 5.41) is 2.90. The second-order valence-corrected chi connectivity index (χ2v) is 6.33. The molecule has 1 aliphatic rings. The molecule has 2 heterocycles. The Bertz CT molecular complexity index is 851. The largest absolute Gasteiger partial charge is 0.492 e. The third-order valence-electron chi connectivity index (χ3n) is 3.83. The molecule has 1 aromatic carbocycles. The van der Waals surface area contributed by atoms with E-state index in [9.17, 15) is 9.59 Å². The number of Topliss-reactive ketones (excluding diaryl/α,β-unsaturated/α-hetero) is 1. The molecule has 7 heteroatoms. The van der Waals surface area contributed by atoms with Crippen LogP contribution in [-0.2, 0) is 6.54 Å². The number of rotatable bonds is 4. The fourth-order valence-electron chi connectivity index (χ4n) is 2.67. The second kappa shape index (κ2) is 6.33. The van der Waals surface area contributed by atoms with Crippen LogP contribution in [0.25, 0.3) is 0 Å². The zero-order chi connectivity index (χ0) is 16.6. The lowest BCUT2D eigenvalue weighted by atomic mass is 9.98. The molecule has 0 saturated carbocycles. The maximum atomic E-state index is 12.3. The summed E-state index contributed by atoms with van der Waals surface area (Å²) in [7, 11) is 0. The Morgan fingerprint density at radius 3 is 2.83 bits per heavy atom. The summed E-state index contributed by atoms with van der Waals surface area (Å²) in [4.78, 5) is 25.8. The highest BCUT2D eigenvalue weighted by Gasteiger charge is 2.26. The highest BCUT2D eigenvalue weighted by molar-refractivity contribution is 7.98. The number of aromatic nitrogens is 2. The van der Waals surface area contributed by atoms with Crippen molar-refractivity contribution in [1.29, 1.82) is 0 Å². The third-order valence-corrected chi connectivity index (χ3v) is 5.11. The summed E-state index contributed by atoms with van der Waals surface area (Å²) >= 11 is 6.98. The number of carbonyl (C=O) groups is 1. The minimum absolute atomic E-state index is 0.0558. The number of carbonyl (C=O) groups excluding carboxylic acids is 1. The van der Waals surface area contributed by atoms with Gasteiger partial charge in [0, 0.05) is 29.6 Å². The number of hydrogen-bond donors (Lipinski definition) is 1. The number of aromatic amines is 1. The van der Waals surface area contributed by atoms with Crippen LogP contribution in [0.15, 0.2) is 28.0 Å². The van der Waals surface area contributed by atoms with Crippen LogP contribution in [0, 0.1) is 0 Å². The molecule has 2 aromatic rings. The van der Waals surface area contributed by atoms with Crippen molar-refractivity contribution in [3.05, 3.63) is 45.4 Å². The van der Waals surface area contributed by atoms with Gasteiger partial charge >= 0.3 is 0 Å². The monoisotopic (exact) mass is 348 g/mol. The molecule has 3 rings (SSSR count). The number of nitrogens with one attached hydrogen (secondary N) is 1. The minimum atomic E-state index is -0.148. The topological polar surface area (TPSA) is 64.1 Å². The van der Waals surface area contributed by atoms with Crippen molar-refractivity contribution in [2.75, 3.05) is 12.9 Å². The number of nitrogens with zero attached hydrogens (tertiary/aromatic N) is 1. The Balaban J connectivity index is 2.14. The van der Waals surface area contributed by atoms with Gasteiger partial charge in [-0.1, -0.05) is 12.2 Å². The molecule has 1 aliphatic heterocycles. The van der Waals surface area contributed by atoms with Gasteiger partial charge < -0.3 is 9.84 Å². The molecule has 23 heavy (non-hydrogen) atoms. The van der Waals surface area contributed by atoms with Crippen molar-refractivity contribution in [3.63, 3.8) is 0 Å². The summed E-state index contributed by atoms with van der Waals surface area (Å²) in [5.41, 5.74) is 1.60. The molecule has 1 N–H and O–H groups in total. The SMILES string of the molecule is CCn1[nH]cc(C(=S)c2ccc3c(c2SC)C(=O)CCO3)c1=O. The van der Waals surface area contributed by atoms with E-state index >= 15 is 0 Å². The van der Waals surface area contributed by atoms with Crippen LogP contribution >= 0.6 is 24.0 Å². The Labute approximate surface area is 143 Å². The van der Waals surface area contributed by atoms with E-state index in [4.69, 9.17) is 17.0 Å². The average molecular weight is 348 g/mol. The van der Waals surface area contributed by atoms with Crippen molar-refractivity contribution in [2.45, 2.75) is 24.8 Å². The number of H-pyrrole nitrogens is 1. The van der Waals surface area contributed by atoms with E-state index < -0.39 is 0 Å². The summed E-state index contributed by atoms with van der Waals surface area (Å²) < 4.78 is 7.07. The molecular formula is C16H16N2O3S2. The van der Waals surface area contributed by atoms with Gasteiger partial charge in [-0.15, -0.1) is 11.8 Å². The van der Waals surface area contributed by atoms with Crippen LogP contribution in [-0.4, -0.2) is 33.3 Å². The van der Waals surface area contributed by atoms with E-state index in [0.29, 0.717) is 41.3 Å².